The summed E-state index contributed by atoms with van der Waals surface area (Å²) in [6.07, 6.45) is 0. The van der Waals surface area contributed by atoms with E-state index in [-0.39, 0.29) is 5.56 Å². The predicted molar refractivity (Wildman–Crippen MR) is 120 cm³/mol. The molecule has 1 amide bonds. The molecule has 0 atom stereocenters. The van der Waals surface area contributed by atoms with Gasteiger partial charge >= 0.3 is 0 Å². The molecule has 1 heterocycles. The van der Waals surface area contributed by atoms with Crippen molar-refractivity contribution in [1.82, 2.24) is 4.72 Å². The van der Waals surface area contributed by atoms with Crippen molar-refractivity contribution in [3.8, 4) is 10.4 Å². The van der Waals surface area contributed by atoms with E-state index in [9.17, 15) is 21.6 Å². The molecule has 0 saturated heterocycles. The number of hydrogen-bond donors (Lipinski definition) is 2. The van der Waals surface area contributed by atoms with E-state index < -0.39 is 35.7 Å². The number of benzene rings is 3. The highest BCUT2D eigenvalue weighted by Gasteiger charge is 2.26. The topological polar surface area (TPSA) is 123 Å². The Balaban J connectivity index is 1.59. The molecule has 3 aromatic carbocycles. The van der Waals surface area contributed by atoms with Crippen LogP contribution in [0.25, 0.3) is 20.5 Å². The maximum atomic E-state index is 12.6. The van der Waals surface area contributed by atoms with Crippen LogP contribution < -0.4 is 9.86 Å². The summed E-state index contributed by atoms with van der Waals surface area (Å²) in [5, 5.41) is 6.21. The molecule has 31 heavy (non-hydrogen) atoms. The Morgan fingerprint density at radius 1 is 0.806 bits per heavy atom. The van der Waals surface area contributed by atoms with Gasteiger partial charge in [0.1, 0.15) is 9.79 Å². The summed E-state index contributed by atoms with van der Waals surface area (Å²) in [4.78, 5) is 12.4. The molecule has 0 unspecified atom stereocenters. The Kier molecular flexibility index (Phi) is 5.40. The normalized spacial score (nSPS) is 12.0. The summed E-state index contributed by atoms with van der Waals surface area (Å²) in [5.74, 6) is -0.882. The van der Waals surface area contributed by atoms with E-state index in [2.05, 4.69) is 0 Å². The van der Waals surface area contributed by atoms with Gasteiger partial charge in [-0.2, -0.15) is 0 Å². The van der Waals surface area contributed by atoms with Crippen LogP contribution in [0.3, 0.4) is 0 Å². The molecule has 0 fully saturated rings. The first-order valence-electron chi connectivity index (χ1n) is 8.93. The SMILES string of the molecule is NS(=O)(=O)c1ccccc1S(=O)(=O)NC(=O)c1ccc(-c2cc3ccccc3s2)cc1. The van der Waals surface area contributed by atoms with Gasteiger partial charge in [0.2, 0.25) is 10.0 Å². The highest BCUT2D eigenvalue weighted by Crippen LogP contribution is 2.33. The molecule has 0 radical (unpaired) electrons. The van der Waals surface area contributed by atoms with Crippen LogP contribution in [0, 0.1) is 0 Å². The molecule has 0 aliphatic heterocycles. The van der Waals surface area contributed by atoms with Gasteiger partial charge in [0.05, 0.1) is 0 Å². The molecule has 158 valence electrons. The molecule has 4 aromatic rings. The zero-order valence-corrected chi connectivity index (χ0v) is 18.3. The molecule has 0 aliphatic rings. The second-order valence-electron chi connectivity index (χ2n) is 6.65. The fourth-order valence-corrected chi connectivity index (χ4v) is 6.48. The van der Waals surface area contributed by atoms with Crippen molar-refractivity contribution in [3.63, 3.8) is 0 Å². The van der Waals surface area contributed by atoms with E-state index in [0.29, 0.717) is 0 Å². The van der Waals surface area contributed by atoms with Crippen molar-refractivity contribution in [2.75, 3.05) is 0 Å². The molecule has 7 nitrogen and oxygen atoms in total. The molecule has 1 aromatic heterocycles. The van der Waals surface area contributed by atoms with Gasteiger partial charge in [-0.05, 0) is 47.3 Å². The lowest BCUT2D eigenvalue weighted by Crippen LogP contribution is -2.32. The van der Waals surface area contributed by atoms with Crippen LogP contribution in [-0.2, 0) is 20.0 Å². The summed E-state index contributed by atoms with van der Waals surface area (Å²) in [6.45, 7) is 0. The smallest absolute Gasteiger partial charge is 0.265 e. The van der Waals surface area contributed by atoms with Crippen LogP contribution in [-0.4, -0.2) is 22.7 Å². The van der Waals surface area contributed by atoms with E-state index >= 15 is 0 Å². The number of thiophene rings is 1. The fourth-order valence-electron chi connectivity index (χ4n) is 3.05. The minimum Gasteiger partial charge on any atom is -0.268 e. The molecule has 0 saturated carbocycles. The molecule has 0 spiro atoms. The number of carbonyl (C=O) groups is 1. The Hall–Kier alpha value is -3.05. The third-order valence-electron chi connectivity index (χ3n) is 4.53. The van der Waals surface area contributed by atoms with Gasteiger partial charge in [0.15, 0.2) is 0 Å². The summed E-state index contributed by atoms with van der Waals surface area (Å²) >= 11 is 1.61. The van der Waals surface area contributed by atoms with Crippen LogP contribution in [0.1, 0.15) is 10.4 Å². The third-order valence-corrected chi connectivity index (χ3v) is 8.18. The van der Waals surface area contributed by atoms with Crippen molar-refractivity contribution in [2.24, 2.45) is 5.14 Å². The van der Waals surface area contributed by atoms with E-state index in [1.807, 2.05) is 35.1 Å². The predicted octanol–water partition coefficient (Wildman–Crippen LogP) is 3.33. The monoisotopic (exact) mass is 472 g/mol. The van der Waals surface area contributed by atoms with Gasteiger partial charge in [0.25, 0.3) is 15.9 Å². The van der Waals surface area contributed by atoms with Crippen LogP contribution in [0.15, 0.2) is 88.7 Å². The Morgan fingerprint density at radius 3 is 2.06 bits per heavy atom. The zero-order valence-electron chi connectivity index (χ0n) is 15.8. The molecule has 3 N–H and O–H groups in total. The minimum absolute atomic E-state index is 0.113. The first-order chi connectivity index (χ1) is 14.6. The average molecular weight is 473 g/mol. The summed E-state index contributed by atoms with van der Waals surface area (Å²) in [6, 6.07) is 21.3. The lowest BCUT2D eigenvalue weighted by Gasteiger charge is -2.10. The van der Waals surface area contributed by atoms with Gasteiger partial charge in [-0.15, -0.1) is 11.3 Å². The summed E-state index contributed by atoms with van der Waals surface area (Å²) < 4.78 is 51.7. The van der Waals surface area contributed by atoms with Gasteiger partial charge in [-0.3, -0.25) is 4.79 Å². The van der Waals surface area contributed by atoms with Crippen molar-refractivity contribution in [2.45, 2.75) is 9.79 Å². The number of nitrogens with one attached hydrogen (secondary N) is 1. The second-order valence-corrected chi connectivity index (χ2v) is 10.9. The molecular formula is C21H16N2O5S3. The number of fused-ring (bicyclic) bond motifs is 1. The molecule has 0 bridgehead atoms. The van der Waals surface area contributed by atoms with Crippen molar-refractivity contribution < 1.29 is 21.6 Å². The number of carbonyl (C=O) groups excluding carboxylic acids is 1. The van der Waals surface area contributed by atoms with E-state index in [1.54, 1.807) is 23.5 Å². The van der Waals surface area contributed by atoms with Crippen LogP contribution in [0.5, 0.6) is 0 Å². The van der Waals surface area contributed by atoms with E-state index in [4.69, 9.17) is 5.14 Å². The first kappa shape index (κ1) is 21.2. The lowest BCUT2D eigenvalue weighted by molar-refractivity contribution is 0.0981. The summed E-state index contributed by atoms with van der Waals surface area (Å²) in [5.41, 5.74) is 1.00. The zero-order chi connectivity index (χ0) is 22.2. The quantitative estimate of drug-likeness (QED) is 0.461. The number of hydrogen-bond acceptors (Lipinski definition) is 6. The number of amides is 1. The maximum absolute atomic E-state index is 12.6. The van der Waals surface area contributed by atoms with Gasteiger partial charge in [-0.25, -0.2) is 26.7 Å². The van der Waals surface area contributed by atoms with Crippen LogP contribution in [0.2, 0.25) is 0 Å². The van der Waals surface area contributed by atoms with E-state index in [0.717, 1.165) is 32.7 Å². The highest BCUT2D eigenvalue weighted by molar-refractivity contribution is 7.92. The fraction of sp³-hybridized carbons (Fsp3) is 0. The van der Waals surface area contributed by atoms with Gasteiger partial charge < -0.3 is 0 Å². The Labute approximate surface area is 183 Å². The van der Waals surface area contributed by atoms with Crippen molar-refractivity contribution >= 4 is 47.4 Å². The Bertz CT molecular complexity index is 1470. The van der Waals surface area contributed by atoms with Crippen molar-refractivity contribution in [1.29, 1.82) is 0 Å². The number of primary sulfonamides is 1. The molecular weight excluding hydrogens is 456 g/mol. The average Bonchev–Trinajstić information content (AvgIpc) is 3.17. The van der Waals surface area contributed by atoms with Gasteiger partial charge in [-0.1, -0.05) is 42.5 Å². The molecule has 4 rings (SSSR count). The second kappa shape index (κ2) is 7.89. The molecule has 0 aliphatic carbocycles. The molecule has 10 heteroatoms. The van der Waals surface area contributed by atoms with Crippen molar-refractivity contribution in [3.05, 3.63) is 84.4 Å². The highest BCUT2D eigenvalue weighted by atomic mass is 32.2. The number of rotatable bonds is 5. The van der Waals surface area contributed by atoms with Crippen LogP contribution in [0.4, 0.5) is 0 Å². The lowest BCUT2D eigenvalue weighted by atomic mass is 10.1. The standard InChI is InChI=1S/C21H16N2O5S3/c22-30(25,26)19-7-3-4-8-20(19)31(27,28)23-21(24)15-11-9-14(10-12-15)18-13-16-5-1-2-6-17(16)29-18/h1-13H,(H,23,24)(H2,22,25,26). The van der Waals surface area contributed by atoms with E-state index in [1.165, 1.54) is 24.3 Å². The number of nitrogens with two attached hydrogens (primary N) is 1. The minimum atomic E-state index is -4.46. The number of sulfonamides is 2. The summed E-state index contributed by atoms with van der Waals surface area (Å²) in [7, 11) is -8.75. The van der Waals surface area contributed by atoms with Gasteiger partial charge in [0, 0.05) is 15.1 Å². The van der Waals surface area contributed by atoms with Crippen LogP contribution >= 0.6 is 11.3 Å². The third kappa shape index (κ3) is 4.37. The largest absolute Gasteiger partial charge is 0.268 e. The Morgan fingerprint density at radius 2 is 1.42 bits per heavy atom. The first-order valence-corrected chi connectivity index (χ1v) is 12.8. The maximum Gasteiger partial charge on any atom is 0.265 e.